The Balaban J connectivity index is 2.27. The third-order valence-electron chi connectivity index (χ3n) is 2.20. The standard InChI is InChI=1S/C11H20OSi/c1-13(2,3)10-9-12-11-7-5-4-6-8-11/h11H,4-8H2,1-3H3. The van der Waals surface area contributed by atoms with E-state index in [1.165, 1.54) is 32.1 Å². The van der Waals surface area contributed by atoms with Crippen molar-refractivity contribution in [1.82, 2.24) is 0 Å². The van der Waals surface area contributed by atoms with E-state index >= 15 is 0 Å². The van der Waals surface area contributed by atoms with Crippen LogP contribution in [0.5, 0.6) is 0 Å². The Bertz CT molecular complexity index is 200. The predicted octanol–water partition coefficient (Wildman–Crippen LogP) is 3.17. The quantitative estimate of drug-likeness (QED) is 0.462. The highest BCUT2D eigenvalue weighted by Gasteiger charge is 2.13. The molecule has 0 radical (unpaired) electrons. The van der Waals surface area contributed by atoms with Crippen molar-refractivity contribution in [2.45, 2.75) is 57.8 Å². The van der Waals surface area contributed by atoms with Crippen molar-refractivity contribution in [2.75, 3.05) is 0 Å². The Kier molecular flexibility index (Phi) is 3.86. The van der Waals surface area contributed by atoms with Crippen molar-refractivity contribution in [3.05, 3.63) is 0 Å². The van der Waals surface area contributed by atoms with Crippen LogP contribution in [-0.4, -0.2) is 14.2 Å². The van der Waals surface area contributed by atoms with Gasteiger partial charge in [-0.2, -0.15) is 0 Å². The molecule has 0 aromatic heterocycles. The number of hydrogen-bond acceptors (Lipinski definition) is 1. The molecule has 0 saturated heterocycles. The molecule has 0 atom stereocenters. The maximum absolute atomic E-state index is 5.53. The van der Waals surface area contributed by atoms with Gasteiger partial charge in [0, 0.05) is 0 Å². The molecule has 0 heterocycles. The molecule has 0 unspecified atom stereocenters. The first kappa shape index (κ1) is 10.7. The second-order valence-electron chi connectivity index (χ2n) is 4.85. The summed E-state index contributed by atoms with van der Waals surface area (Å²) in [6.07, 6.45) is 9.77. The molecule has 13 heavy (non-hydrogen) atoms. The summed E-state index contributed by atoms with van der Waals surface area (Å²) in [7, 11) is -1.23. The van der Waals surface area contributed by atoms with Gasteiger partial charge in [-0.25, -0.2) is 0 Å². The van der Waals surface area contributed by atoms with E-state index in [-0.39, 0.29) is 0 Å². The molecule has 1 nitrogen and oxygen atoms in total. The van der Waals surface area contributed by atoms with E-state index in [9.17, 15) is 0 Å². The van der Waals surface area contributed by atoms with Crippen LogP contribution in [0.1, 0.15) is 32.1 Å². The van der Waals surface area contributed by atoms with Crippen molar-refractivity contribution < 1.29 is 4.74 Å². The summed E-state index contributed by atoms with van der Waals surface area (Å²) in [5, 5.41) is 0. The Morgan fingerprint density at radius 3 is 2.23 bits per heavy atom. The van der Waals surface area contributed by atoms with E-state index in [2.05, 4.69) is 31.3 Å². The Hall–Kier alpha value is -0.423. The van der Waals surface area contributed by atoms with E-state index in [4.69, 9.17) is 4.74 Å². The predicted molar refractivity (Wildman–Crippen MR) is 59.1 cm³/mol. The smallest absolute Gasteiger partial charge is 0.133 e. The van der Waals surface area contributed by atoms with Gasteiger partial charge in [-0.15, -0.1) is 0 Å². The molecule has 1 aliphatic carbocycles. The summed E-state index contributed by atoms with van der Waals surface area (Å²) in [5.74, 6) is 0. The first-order valence-electron chi connectivity index (χ1n) is 5.26. The van der Waals surface area contributed by atoms with E-state index < -0.39 is 8.07 Å². The molecular weight excluding hydrogens is 176 g/mol. The Labute approximate surface area is 82.9 Å². The van der Waals surface area contributed by atoms with Crippen LogP contribution < -0.4 is 0 Å². The molecule has 1 fully saturated rings. The van der Waals surface area contributed by atoms with Gasteiger partial charge in [-0.05, 0) is 25.7 Å². The summed E-state index contributed by atoms with van der Waals surface area (Å²) >= 11 is 0. The molecule has 0 spiro atoms. The maximum Gasteiger partial charge on any atom is 0.133 e. The third kappa shape index (κ3) is 5.00. The topological polar surface area (TPSA) is 9.23 Å². The first-order valence-corrected chi connectivity index (χ1v) is 8.76. The van der Waals surface area contributed by atoms with Crippen LogP contribution in [0, 0.1) is 11.7 Å². The van der Waals surface area contributed by atoms with E-state index in [0.29, 0.717) is 6.10 Å². The fraction of sp³-hybridized carbons (Fsp3) is 0.818. The van der Waals surface area contributed by atoms with Gasteiger partial charge in [0.1, 0.15) is 20.3 Å². The molecule has 0 aromatic rings. The fourth-order valence-electron chi connectivity index (χ4n) is 1.45. The number of rotatable bonds is 1. The lowest BCUT2D eigenvalue weighted by Gasteiger charge is -2.19. The highest BCUT2D eigenvalue weighted by atomic mass is 28.3. The molecule has 0 aromatic carbocycles. The van der Waals surface area contributed by atoms with Crippen LogP contribution >= 0.6 is 0 Å². The van der Waals surface area contributed by atoms with Crippen LogP contribution in [0.25, 0.3) is 0 Å². The van der Waals surface area contributed by atoms with Gasteiger partial charge >= 0.3 is 0 Å². The zero-order valence-electron chi connectivity index (χ0n) is 9.02. The number of ether oxygens (including phenoxy) is 1. The monoisotopic (exact) mass is 196 g/mol. The molecule has 1 aliphatic rings. The minimum absolute atomic E-state index is 0.428. The molecule has 0 bridgehead atoms. The lowest BCUT2D eigenvalue weighted by atomic mass is 9.98. The van der Waals surface area contributed by atoms with Gasteiger partial charge in [0.05, 0.1) is 0 Å². The molecule has 0 N–H and O–H groups in total. The highest BCUT2D eigenvalue weighted by Crippen LogP contribution is 2.19. The molecule has 1 rings (SSSR count). The SMILES string of the molecule is C[Si](C)(C)C#COC1CCCCC1. The first-order chi connectivity index (χ1) is 6.08. The number of hydrogen-bond donors (Lipinski definition) is 0. The maximum atomic E-state index is 5.53. The summed E-state index contributed by atoms with van der Waals surface area (Å²) in [6, 6.07) is 0. The zero-order chi connectivity index (χ0) is 9.73. The molecule has 1 saturated carbocycles. The lowest BCUT2D eigenvalue weighted by Crippen LogP contribution is -2.18. The highest BCUT2D eigenvalue weighted by molar-refractivity contribution is 6.83. The molecule has 74 valence electrons. The average Bonchev–Trinajstić information content (AvgIpc) is 2.04. The van der Waals surface area contributed by atoms with Crippen LogP contribution in [0.3, 0.4) is 0 Å². The van der Waals surface area contributed by atoms with Crippen molar-refractivity contribution in [1.29, 1.82) is 0 Å². The van der Waals surface area contributed by atoms with Crippen molar-refractivity contribution >= 4 is 8.07 Å². The molecule has 0 amide bonds. The third-order valence-corrected chi connectivity index (χ3v) is 3.06. The summed E-state index contributed by atoms with van der Waals surface area (Å²) in [5.41, 5.74) is 3.24. The van der Waals surface area contributed by atoms with E-state index in [1.807, 2.05) is 0 Å². The Morgan fingerprint density at radius 2 is 1.69 bits per heavy atom. The van der Waals surface area contributed by atoms with Gasteiger partial charge in [0.15, 0.2) is 0 Å². The van der Waals surface area contributed by atoms with E-state index in [0.717, 1.165) is 0 Å². The Morgan fingerprint density at radius 1 is 1.08 bits per heavy atom. The van der Waals surface area contributed by atoms with Crippen LogP contribution in [0.2, 0.25) is 19.6 Å². The van der Waals surface area contributed by atoms with Crippen LogP contribution in [-0.2, 0) is 4.74 Å². The van der Waals surface area contributed by atoms with Crippen molar-refractivity contribution in [2.24, 2.45) is 0 Å². The minimum Gasteiger partial charge on any atom is -0.444 e. The van der Waals surface area contributed by atoms with Gasteiger partial charge in [-0.3, -0.25) is 0 Å². The lowest BCUT2D eigenvalue weighted by molar-refractivity contribution is 0.124. The van der Waals surface area contributed by atoms with Crippen molar-refractivity contribution in [3.63, 3.8) is 0 Å². The summed E-state index contributed by atoms with van der Waals surface area (Å²) < 4.78 is 5.53. The minimum atomic E-state index is -1.23. The molecular formula is C11H20OSi. The van der Waals surface area contributed by atoms with Gasteiger partial charge in [0.25, 0.3) is 0 Å². The van der Waals surface area contributed by atoms with Gasteiger partial charge in [0.2, 0.25) is 0 Å². The van der Waals surface area contributed by atoms with Crippen LogP contribution in [0.4, 0.5) is 0 Å². The summed E-state index contributed by atoms with van der Waals surface area (Å²) in [6.45, 7) is 6.72. The zero-order valence-corrected chi connectivity index (χ0v) is 10.0. The van der Waals surface area contributed by atoms with Crippen LogP contribution in [0.15, 0.2) is 0 Å². The summed E-state index contributed by atoms with van der Waals surface area (Å²) in [4.78, 5) is 0. The second-order valence-corrected chi connectivity index (χ2v) is 9.60. The second kappa shape index (κ2) is 4.71. The molecule has 0 aliphatic heterocycles. The van der Waals surface area contributed by atoms with Gasteiger partial charge < -0.3 is 4.74 Å². The average molecular weight is 196 g/mol. The largest absolute Gasteiger partial charge is 0.444 e. The molecule has 2 heteroatoms. The fourth-order valence-corrected chi connectivity index (χ4v) is 1.81. The van der Waals surface area contributed by atoms with E-state index in [1.54, 1.807) is 0 Å². The normalized spacial score (nSPS) is 19.0. The van der Waals surface area contributed by atoms with Gasteiger partial charge in [-0.1, -0.05) is 31.6 Å². The van der Waals surface area contributed by atoms with Crippen molar-refractivity contribution in [3.8, 4) is 11.7 Å².